The van der Waals surface area contributed by atoms with Gasteiger partial charge in [-0.05, 0) is 31.7 Å². The Morgan fingerprint density at radius 3 is 2.58 bits per heavy atom. The first-order chi connectivity index (χ1) is 8.88. The number of benzene rings is 1. The van der Waals surface area contributed by atoms with Crippen molar-refractivity contribution >= 4 is 0 Å². The third-order valence-electron chi connectivity index (χ3n) is 2.87. The Labute approximate surface area is 115 Å². The van der Waals surface area contributed by atoms with Crippen molar-refractivity contribution in [2.75, 3.05) is 26.8 Å². The largest absolute Gasteiger partial charge is 0.491 e. The minimum Gasteiger partial charge on any atom is -0.491 e. The monoisotopic (exact) mass is 269 g/mol. The number of ether oxygens (including phenoxy) is 1. The van der Waals surface area contributed by atoms with Crippen molar-refractivity contribution in [2.24, 2.45) is 5.41 Å². The number of aliphatic hydroxyl groups is 1. The van der Waals surface area contributed by atoms with Crippen LogP contribution in [0.1, 0.15) is 26.3 Å². The number of aliphatic hydroxyl groups excluding tert-OH is 1. The van der Waals surface area contributed by atoms with Gasteiger partial charge in [0.2, 0.25) is 0 Å². The molecule has 4 heteroatoms. The molecule has 0 unspecified atom stereocenters. The second kappa shape index (κ2) is 6.87. The number of hydrogen-bond donors (Lipinski definition) is 1. The standard InChI is InChI=1S/C15H24FNO2/c1-5-19-14-7-6-12(8-13(14)16)9-17(4)10-15(2,3)11-18/h6-8,18H,5,9-11H2,1-4H3. The Hall–Kier alpha value is -1.13. The van der Waals surface area contributed by atoms with E-state index in [2.05, 4.69) is 4.90 Å². The molecule has 0 aromatic heterocycles. The minimum absolute atomic E-state index is 0.134. The van der Waals surface area contributed by atoms with Crippen molar-refractivity contribution in [1.82, 2.24) is 4.90 Å². The summed E-state index contributed by atoms with van der Waals surface area (Å²) < 4.78 is 18.9. The van der Waals surface area contributed by atoms with Crippen molar-refractivity contribution in [1.29, 1.82) is 0 Å². The van der Waals surface area contributed by atoms with Crippen LogP contribution in [0.15, 0.2) is 18.2 Å². The van der Waals surface area contributed by atoms with Crippen molar-refractivity contribution < 1.29 is 14.2 Å². The number of nitrogens with zero attached hydrogens (tertiary/aromatic N) is 1. The summed E-state index contributed by atoms with van der Waals surface area (Å²) in [6, 6.07) is 5.04. The van der Waals surface area contributed by atoms with Crippen LogP contribution in [-0.2, 0) is 6.54 Å². The predicted molar refractivity (Wildman–Crippen MR) is 74.8 cm³/mol. The van der Waals surface area contributed by atoms with Crippen LogP contribution in [0.25, 0.3) is 0 Å². The molecule has 0 atom stereocenters. The fourth-order valence-electron chi connectivity index (χ4n) is 2.06. The Bertz CT molecular complexity index is 407. The Balaban J connectivity index is 2.65. The highest BCUT2D eigenvalue weighted by molar-refractivity contribution is 5.29. The second-order valence-electron chi connectivity index (χ2n) is 5.69. The first-order valence-corrected chi connectivity index (χ1v) is 6.58. The summed E-state index contributed by atoms with van der Waals surface area (Å²) in [5.74, 6) is -0.0289. The van der Waals surface area contributed by atoms with Crippen molar-refractivity contribution in [3.05, 3.63) is 29.6 Å². The molecule has 0 amide bonds. The first kappa shape index (κ1) is 15.9. The molecule has 1 rings (SSSR count). The Morgan fingerprint density at radius 2 is 2.05 bits per heavy atom. The fraction of sp³-hybridized carbons (Fsp3) is 0.600. The molecule has 0 aliphatic rings. The fourth-order valence-corrected chi connectivity index (χ4v) is 2.06. The van der Waals surface area contributed by atoms with Gasteiger partial charge in [0, 0.05) is 25.1 Å². The lowest BCUT2D eigenvalue weighted by Crippen LogP contribution is -2.33. The molecule has 1 aromatic carbocycles. The van der Waals surface area contributed by atoms with Crippen LogP contribution in [0.4, 0.5) is 4.39 Å². The van der Waals surface area contributed by atoms with Gasteiger partial charge in [0.05, 0.1) is 6.61 Å². The van der Waals surface area contributed by atoms with E-state index >= 15 is 0 Å². The number of halogens is 1. The van der Waals surface area contributed by atoms with Crippen LogP contribution in [0.5, 0.6) is 5.75 Å². The van der Waals surface area contributed by atoms with Crippen molar-refractivity contribution in [3.63, 3.8) is 0 Å². The van der Waals surface area contributed by atoms with Gasteiger partial charge < -0.3 is 14.7 Å². The van der Waals surface area contributed by atoms with Gasteiger partial charge in [0.15, 0.2) is 11.6 Å². The number of rotatable bonds is 7. The average Bonchev–Trinajstić information content (AvgIpc) is 2.32. The highest BCUT2D eigenvalue weighted by Crippen LogP contribution is 2.20. The molecular formula is C15H24FNO2. The smallest absolute Gasteiger partial charge is 0.165 e. The Morgan fingerprint density at radius 1 is 1.37 bits per heavy atom. The molecule has 0 saturated carbocycles. The molecule has 19 heavy (non-hydrogen) atoms. The lowest BCUT2D eigenvalue weighted by Gasteiger charge is -2.28. The van der Waals surface area contributed by atoms with Gasteiger partial charge >= 0.3 is 0 Å². The van der Waals surface area contributed by atoms with Gasteiger partial charge in [-0.15, -0.1) is 0 Å². The van der Waals surface area contributed by atoms with E-state index in [0.29, 0.717) is 18.9 Å². The lowest BCUT2D eigenvalue weighted by molar-refractivity contribution is 0.112. The molecule has 0 radical (unpaired) electrons. The molecule has 0 spiro atoms. The van der Waals surface area contributed by atoms with Gasteiger partial charge in [0.25, 0.3) is 0 Å². The summed E-state index contributed by atoms with van der Waals surface area (Å²) in [6.07, 6.45) is 0. The van der Waals surface area contributed by atoms with Crippen molar-refractivity contribution in [3.8, 4) is 5.75 Å². The van der Waals surface area contributed by atoms with Gasteiger partial charge in [-0.1, -0.05) is 19.9 Å². The minimum atomic E-state index is -0.325. The zero-order valence-corrected chi connectivity index (χ0v) is 12.2. The topological polar surface area (TPSA) is 32.7 Å². The zero-order chi connectivity index (χ0) is 14.5. The summed E-state index contributed by atoms with van der Waals surface area (Å²) in [6.45, 7) is 7.82. The highest BCUT2D eigenvalue weighted by atomic mass is 19.1. The average molecular weight is 269 g/mol. The highest BCUT2D eigenvalue weighted by Gasteiger charge is 2.19. The van der Waals surface area contributed by atoms with Gasteiger partial charge in [-0.3, -0.25) is 0 Å². The van der Waals surface area contributed by atoms with E-state index in [0.717, 1.165) is 12.1 Å². The summed E-state index contributed by atoms with van der Waals surface area (Å²) in [5, 5.41) is 9.25. The number of hydrogen-bond acceptors (Lipinski definition) is 3. The van der Waals surface area contributed by atoms with E-state index in [-0.39, 0.29) is 17.8 Å². The van der Waals surface area contributed by atoms with Crippen LogP contribution in [-0.4, -0.2) is 36.8 Å². The van der Waals surface area contributed by atoms with E-state index < -0.39 is 0 Å². The van der Waals surface area contributed by atoms with Gasteiger partial charge in [-0.25, -0.2) is 4.39 Å². The van der Waals surface area contributed by atoms with Crippen LogP contribution in [0.3, 0.4) is 0 Å². The second-order valence-corrected chi connectivity index (χ2v) is 5.69. The van der Waals surface area contributed by atoms with E-state index in [9.17, 15) is 9.50 Å². The maximum absolute atomic E-state index is 13.7. The zero-order valence-electron chi connectivity index (χ0n) is 12.2. The summed E-state index contributed by atoms with van der Waals surface area (Å²) in [7, 11) is 1.96. The molecule has 0 heterocycles. The molecule has 1 aromatic rings. The quantitative estimate of drug-likeness (QED) is 0.826. The van der Waals surface area contributed by atoms with Crippen LogP contribution >= 0.6 is 0 Å². The van der Waals surface area contributed by atoms with Crippen LogP contribution < -0.4 is 4.74 Å². The maximum Gasteiger partial charge on any atom is 0.165 e. The van der Waals surface area contributed by atoms with E-state index in [1.807, 2.05) is 33.9 Å². The summed E-state index contributed by atoms with van der Waals surface area (Å²) in [4.78, 5) is 2.07. The van der Waals surface area contributed by atoms with Gasteiger partial charge in [-0.2, -0.15) is 0 Å². The van der Waals surface area contributed by atoms with E-state index in [1.165, 1.54) is 6.07 Å². The van der Waals surface area contributed by atoms with E-state index in [1.54, 1.807) is 6.07 Å². The molecule has 0 saturated heterocycles. The molecule has 0 fully saturated rings. The third-order valence-corrected chi connectivity index (χ3v) is 2.87. The van der Waals surface area contributed by atoms with Crippen molar-refractivity contribution in [2.45, 2.75) is 27.3 Å². The molecule has 3 nitrogen and oxygen atoms in total. The molecule has 0 bridgehead atoms. The summed E-state index contributed by atoms with van der Waals surface area (Å²) >= 11 is 0. The Kier molecular flexibility index (Phi) is 5.76. The van der Waals surface area contributed by atoms with E-state index in [4.69, 9.17) is 4.74 Å². The lowest BCUT2D eigenvalue weighted by atomic mass is 9.94. The molecule has 108 valence electrons. The van der Waals surface area contributed by atoms with Gasteiger partial charge in [0.1, 0.15) is 0 Å². The third kappa shape index (κ3) is 5.17. The van der Waals surface area contributed by atoms with Crippen LogP contribution in [0.2, 0.25) is 0 Å². The first-order valence-electron chi connectivity index (χ1n) is 6.58. The SMILES string of the molecule is CCOc1ccc(CN(C)CC(C)(C)CO)cc1F. The van der Waals surface area contributed by atoms with Crippen LogP contribution in [0, 0.1) is 11.2 Å². The maximum atomic E-state index is 13.7. The molecule has 1 N–H and O–H groups in total. The molecule has 0 aliphatic heterocycles. The normalized spacial score (nSPS) is 11.9. The predicted octanol–water partition coefficient (Wildman–Crippen LogP) is 2.67. The summed E-state index contributed by atoms with van der Waals surface area (Å²) in [5.41, 5.74) is 0.746. The molecular weight excluding hydrogens is 245 g/mol. The molecule has 0 aliphatic carbocycles.